The molecule has 1 aromatic carbocycles. The third kappa shape index (κ3) is 28.0. The molecule has 1 rings (SSSR count). The van der Waals surface area contributed by atoms with Gasteiger partial charge in [-0.2, -0.15) is 0 Å². The minimum atomic E-state index is -0.451. The van der Waals surface area contributed by atoms with Crippen molar-refractivity contribution in [3.05, 3.63) is 34.4 Å². The topological polar surface area (TPSA) is 145 Å². The Kier molecular flexibility index (Phi) is 29.2. The number of hydrogen-bond acceptors (Lipinski definition) is 13. The van der Waals surface area contributed by atoms with Gasteiger partial charge in [-0.05, 0) is 18.1 Å². The molecule has 1 unspecified atom stereocenters. The minimum Gasteiger partial charge on any atom is -0.491 e. The summed E-state index contributed by atoms with van der Waals surface area (Å²) in [6.07, 6.45) is 1.13. The van der Waals surface area contributed by atoms with Crippen molar-refractivity contribution in [2.24, 2.45) is 5.92 Å². The molecule has 262 valence electrons. The summed E-state index contributed by atoms with van der Waals surface area (Å²) in [5.74, 6) is 1.15. The van der Waals surface area contributed by atoms with Gasteiger partial charge in [-0.1, -0.05) is 20.3 Å². The van der Waals surface area contributed by atoms with Crippen LogP contribution in [0.15, 0.2) is 24.3 Å². The quantitative estimate of drug-likeness (QED) is 0.0604. The summed E-state index contributed by atoms with van der Waals surface area (Å²) in [7, 11) is 0. The molecule has 0 aliphatic rings. The Bertz CT molecular complexity index is 772. The lowest BCUT2D eigenvalue weighted by Crippen LogP contribution is -2.15. The summed E-state index contributed by atoms with van der Waals surface area (Å²) in [5, 5.41) is 10.6. The minimum absolute atomic E-state index is 0.0270. The van der Waals surface area contributed by atoms with Gasteiger partial charge in [0.25, 0.3) is 5.69 Å². The van der Waals surface area contributed by atoms with E-state index in [2.05, 4.69) is 13.8 Å². The largest absolute Gasteiger partial charge is 0.491 e. The van der Waals surface area contributed by atoms with Crippen LogP contribution in [-0.4, -0.2) is 144 Å². The number of nitro benzene ring substituents is 1. The second kappa shape index (κ2) is 32.0. The Balaban J connectivity index is 1.66. The lowest BCUT2D eigenvalue weighted by Gasteiger charge is -2.10. The van der Waals surface area contributed by atoms with E-state index in [0.717, 1.165) is 13.0 Å². The lowest BCUT2D eigenvalue weighted by atomic mass is 10.1. The lowest BCUT2D eigenvalue weighted by molar-refractivity contribution is -0.384. The Hall–Kier alpha value is -1.98. The summed E-state index contributed by atoms with van der Waals surface area (Å²) < 4.78 is 60.1. The van der Waals surface area contributed by atoms with Gasteiger partial charge < -0.3 is 52.1 Å². The van der Waals surface area contributed by atoms with Crippen molar-refractivity contribution in [1.29, 1.82) is 0 Å². The van der Waals surface area contributed by atoms with Crippen molar-refractivity contribution in [2.45, 2.75) is 20.3 Å². The standard InChI is InChI=1S/C31H55NO13/c1-3-29(2)28-44-25-24-42-21-20-40-17-16-38-13-12-36-9-8-35-10-11-37-14-15-39-18-19-41-22-23-43-26-27-45-31-6-4-30(5-7-31)32(33)34/h4-7,29H,3,8-28H2,1-2H3. The molecular weight excluding hydrogens is 594 g/mol. The molecule has 0 bridgehead atoms. The fraction of sp³-hybridized carbons (Fsp3) is 0.806. The summed E-state index contributed by atoms with van der Waals surface area (Å²) in [4.78, 5) is 10.2. The molecule has 0 saturated carbocycles. The van der Waals surface area contributed by atoms with E-state index in [1.165, 1.54) is 12.1 Å². The molecule has 0 aromatic heterocycles. The first-order valence-electron chi connectivity index (χ1n) is 15.8. The van der Waals surface area contributed by atoms with Crippen molar-refractivity contribution >= 4 is 5.69 Å². The summed E-state index contributed by atoms with van der Waals surface area (Å²) in [5.41, 5.74) is 0.0270. The molecule has 45 heavy (non-hydrogen) atoms. The van der Waals surface area contributed by atoms with E-state index < -0.39 is 4.92 Å². The Morgan fingerprint density at radius 3 is 1.09 bits per heavy atom. The molecule has 0 amide bonds. The highest BCUT2D eigenvalue weighted by molar-refractivity contribution is 5.35. The molecule has 1 atom stereocenters. The second-order valence-electron chi connectivity index (χ2n) is 9.70. The number of non-ortho nitro benzene ring substituents is 1. The van der Waals surface area contributed by atoms with Crippen LogP contribution in [0.1, 0.15) is 20.3 Å². The van der Waals surface area contributed by atoms with Crippen LogP contribution in [0.25, 0.3) is 0 Å². The van der Waals surface area contributed by atoms with Gasteiger partial charge in [-0.3, -0.25) is 10.1 Å². The van der Waals surface area contributed by atoms with E-state index in [-0.39, 0.29) is 5.69 Å². The highest BCUT2D eigenvalue weighted by Crippen LogP contribution is 2.17. The first-order valence-corrected chi connectivity index (χ1v) is 15.8. The predicted molar refractivity (Wildman–Crippen MR) is 166 cm³/mol. The van der Waals surface area contributed by atoms with Gasteiger partial charge >= 0.3 is 0 Å². The van der Waals surface area contributed by atoms with E-state index in [0.29, 0.717) is 144 Å². The molecule has 0 saturated heterocycles. The maximum Gasteiger partial charge on any atom is 0.269 e. The van der Waals surface area contributed by atoms with Crippen LogP contribution >= 0.6 is 0 Å². The summed E-state index contributed by atoms with van der Waals surface area (Å²) in [6, 6.07) is 5.91. The van der Waals surface area contributed by atoms with Gasteiger partial charge in [0.05, 0.1) is 130 Å². The second-order valence-corrected chi connectivity index (χ2v) is 9.70. The molecule has 14 nitrogen and oxygen atoms in total. The van der Waals surface area contributed by atoms with Crippen molar-refractivity contribution in [3.8, 4) is 5.75 Å². The van der Waals surface area contributed by atoms with E-state index in [9.17, 15) is 10.1 Å². The predicted octanol–water partition coefficient (Wildman–Crippen LogP) is 3.19. The van der Waals surface area contributed by atoms with Crippen LogP contribution < -0.4 is 4.74 Å². The molecular formula is C31H55NO13. The molecule has 0 aliphatic carbocycles. The molecule has 0 heterocycles. The Morgan fingerprint density at radius 2 is 0.800 bits per heavy atom. The normalized spacial score (nSPS) is 12.0. The molecule has 14 heteroatoms. The number of nitro groups is 1. The summed E-state index contributed by atoms with van der Waals surface area (Å²) in [6.45, 7) is 15.0. The maximum atomic E-state index is 10.6. The highest BCUT2D eigenvalue weighted by Gasteiger charge is 2.04. The van der Waals surface area contributed by atoms with Crippen LogP contribution in [-0.2, 0) is 47.4 Å². The number of hydrogen-bond donors (Lipinski definition) is 0. The number of nitrogens with zero attached hydrogens (tertiary/aromatic N) is 1. The zero-order valence-electron chi connectivity index (χ0n) is 27.2. The Labute approximate surface area is 267 Å². The number of benzene rings is 1. The van der Waals surface area contributed by atoms with Gasteiger partial charge in [0.15, 0.2) is 0 Å². The van der Waals surface area contributed by atoms with E-state index in [4.69, 9.17) is 52.1 Å². The van der Waals surface area contributed by atoms with Crippen LogP contribution in [0.3, 0.4) is 0 Å². The van der Waals surface area contributed by atoms with Gasteiger partial charge in [-0.25, -0.2) is 0 Å². The molecule has 0 aliphatic heterocycles. The average Bonchev–Trinajstić information content (AvgIpc) is 3.05. The van der Waals surface area contributed by atoms with Gasteiger partial charge in [0.1, 0.15) is 12.4 Å². The molecule has 0 spiro atoms. The fourth-order valence-electron chi connectivity index (χ4n) is 3.26. The monoisotopic (exact) mass is 649 g/mol. The van der Waals surface area contributed by atoms with Crippen molar-refractivity contribution in [1.82, 2.24) is 0 Å². The highest BCUT2D eigenvalue weighted by atomic mass is 16.6. The van der Waals surface area contributed by atoms with Gasteiger partial charge in [-0.15, -0.1) is 0 Å². The molecule has 0 fully saturated rings. The Morgan fingerprint density at radius 1 is 0.511 bits per heavy atom. The average molecular weight is 650 g/mol. The van der Waals surface area contributed by atoms with E-state index in [1.807, 2.05) is 0 Å². The van der Waals surface area contributed by atoms with Crippen LogP contribution in [0.5, 0.6) is 5.75 Å². The molecule has 0 N–H and O–H groups in total. The SMILES string of the molecule is CCC(C)COCCOCCOCCOCCOCCOCCOCCOCCOCCOCCOc1ccc([N+](=O)[O-])cc1. The van der Waals surface area contributed by atoms with Crippen LogP contribution in [0.2, 0.25) is 0 Å². The molecule has 1 aromatic rings. The third-order valence-corrected chi connectivity index (χ3v) is 5.99. The third-order valence-electron chi connectivity index (χ3n) is 5.99. The van der Waals surface area contributed by atoms with Gasteiger partial charge in [0.2, 0.25) is 0 Å². The zero-order valence-corrected chi connectivity index (χ0v) is 27.2. The van der Waals surface area contributed by atoms with Crippen molar-refractivity contribution in [3.63, 3.8) is 0 Å². The summed E-state index contributed by atoms with van der Waals surface area (Å²) >= 11 is 0. The fourth-order valence-corrected chi connectivity index (χ4v) is 3.26. The van der Waals surface area contributed by atoms with Crippen molar-refractivity contribution < 1.29 is 57.0 Å². The smallest absolute Gasteiger partial charge is 0.269 e. The number of ether oxygens (including phenoxy) is 11. The zero-order chi connectivity index (χ0) is 32.5. The van der Waals surface area contributed by atoms with E-state index >= 15 is 0 Å². The first kappa shape index (κ1) is 41.0. The first-order chi connectivity index (χ1) is 22.1. The van der Waals surface area contributed by atoms with Crippen LogP contribution in [0.4, 0.5) is 5.69 Å². The van der Waals surface area contributed by atoms with E-state index in [1.54, 1.807) is 12.1 Å². The number of rotatable bonds is 35. The van der Waals surface area contributed by atoms with Crippen molar-refractivity contribution in [2.75, 3.05) is 139 Å². The van der Waals surface area contributed by atoms with Gasteiger partial charge in [0, 0.05) is 18.7 Å². The molecule has 0 radical (unpaired) electrons. The van der Waals surface area contributed by atoms with Crippen LogP contribution in [0, 0.1) is 16.0 Å². The maximum absolute atomic E-state index is 10.6.